The molecule has 0 aromatic heterocycles. The van der Waals surface area contributed by atoms with E-state index in [1.165, 1.54) is 6.07 Å². The van der Waals surface area contributed by atoms with E-state index in [0.717, 1.165) is 24.0 Å². The van der Waals surface area contributed by atoms with Crippen molar-refractivity contribution >= 4 is 23.1 Å². The van der Waals surface area contributed by atoms with Gasteiger partial charge in [0.1, 0.15) is 11.5 Å². The molecular weight excluding hydrogens is 243 g/mol. The highest BCUT2D eigenvalue weighted by atomic mass is 32.2. The molecule has 0 radical (unpaired) electrons. The van der Waals surface area contributed by atoms with Gasteiger partial charge < -0.3 is 5.32 Å². The molecule has 6 heteroatoms. The Bertz CT molecular complexity index is 447. The zero-order valence-electron chi connectivity index (χ0n) is 9.40. The fourth-order valence-corrected chi connectivity index (χ4v) is 2.96. The number of aryl methyl sites for hydroxylation is 1. The molecule has 4 nitrogen and oxygen atoms in total. The SMILES string of the molecule is Cc1cc(NC2CCSC2)c([N+](=O)[O-])cc1F. The number of hydrogen-bond acceptors (Lipinski definition) is 4. The number of thioether (sulfide) groups is 1. The Hall–Kier alpha value is -1.30. The molecule has 0 saturated carbocycles. The number of benzene rings is 1. The molecule has 0 spiro atoms. The van der Waals surface area contributed by atoms with E-state index in [1.807, 2.05) is 11.8 Å². The van der Waals surface area contributed by atoms with Crippen molar-refractivity contribution in [3.63, 3.8) is 0 Å². The molecule has 1 saturated heterocycles. The summed E-state index contributed by atoms with van der Waals surface area (Å²) in [7, 11) is 0. The Labute approximate surface area is 103 Å². The van der Waals surface area contributed by atoms with Crippen LogP contribution >= 0.6 is 11.8 Å². The fraction of sp³-hybridized carbons (Fsp3) is 0.455. The highest BCUT2D eigenvalue weighted by molar-refractivity contribution is 7.99. The molecule has 17 heavy (non-hydrogen) atoms. The molecule has 1 aliphatic heterocycles. The van der Waals surface area contributed by atoms with Crippen molar-refractivity contribution in [1.82, 2.24) is 0 Å². The van der Waals surface area contributed by atoms with Gasteiger partial charge in [-0.1, -0.05) is 0 Å². The van der Waals surface area contributed by atoms with Crippen LogP contribution in [-0.4, -0.2) is 22.5 Å². The summed E-state index contributed by atoms with van der Waals surface area (Å²) >= 11 is 1.82. The van der Waals surface area contributed by atoms with Crippen LogP contribution < -0.4 is 5.32 Å². The molecule has 1 aromatic carbocycles. The van der Waals surface area contributed by atoms with Gasteiger partial charge in [0.25, 0.3) is 5.69 Å². The first kappa shape index (κ1) is 12.2. The average Bonchev–Trinajstić information content (AvgIpc) is 2.75. The Morgan fingerprint density at radius 2 is 2.35 bits per heavy atom. The van der Waals surface area contributed by atoms with Crippen LogP contribution in [0.2, 0.25) is 0 Å². The topological polar surface area (TPSA) is 55.2 Å². The number of anilines is 1. The average molecular weight is 256 g/mol. The van der Waals surface area contributed by atoms with E-state index < -0.39 is 10.7 Å². The van der Waals surface area contributed by atoms with Gasteiger partial charge in [0.2, 0.25) is 0 Å². The Morgan fingerprint density at radius 3 is 2.94 bits per heavy atom. The summed E-state index contributed by atoms with van der Waals surface area (Å²) in [5.41, 5.74) is 0.648. The predicted molar refractivity (Wildman–Crippen MR) is 67.1 cm³/mol. The first-order valence-electron chi connectivity index (χ1n) is 5.36. The molecule has 1 unspecified atom stereocenters. The van der Waals surface area contributed by atoms with Crippen LogP contribution in [0, 0.1) is 22.9 Å². The molecule has 1 N–H and O–H groups in total. The van der Waals surface area contributed by atoms with Crippen molar-refractivity contribution < 1.29 is 9.31 Å². The van der Waals surface area contributed by atoms with E-state index in [9.17, 15) is 14.5 Å². The minimum atomic E-state index is -0.549. The standard InChI is InChI=1S/C11H13FN2O2S/c1-7-4-10(13-8-2-3-17-6-8)11(14(15)16)5-9(7)12/h4-5,8,13H,2-3,6H2,1H3. The van der Waals surface area contributed by atoms with Crippen molar-refractivity contribution in [3.8, 4) is 0 Å². The molecule has 0 aliphatic carbocycles. The van der Waals surface area contributed by atoms with Gasteiger partial charge in [-0.25, -0.2) is 4.39 Å². The Balaban J connectivity index is 2.29. The summed E-state index contributed by atoms with van der Waals surface area (Å²) in [4.78, 5) is 10.3. The van der Waals surface area contributed by atoms with E-state index in [4.69, 9.17) is 0 Å². The quantitative estimate of drug-likeness (QED) is 0.667. The van der Waals surface area contributed by atoms with E-state index >= 15 is 0 Å². The van der Waals surface area contributed by atoms with Crippen LogP contribution in [0.4, 0.5) is 15.8 Å². The summed E-state index contributed by atoms with van der Waals surface area (Å²) in [6.45, 7) is 1.60. The normalized spacial score (nSPS) is 19.3. The summed E-state index contributed by atoms with van der Waals surface area (Å²) < 4.78 is 13.3. The molecule has 2 rings (SSSR count). The van der Waals surface area contributed by atoms with E-state index in [0.29, 0.717) is 11.3 Å². The fourth-order valence-electron chi connectivity index (χ4n) is 1.81. The molecule has 1 atom stereocenters. The minimum Gasteiger partial charge on any atom is -0.376 e. The molecule has 1 aromatic rings. The van der Waals surface area contributed by atoms with Crippen LogP contribution in [0.3, 0.4) is 0 Å². The van der Waals surface area contributed by atoms with Crippen molar-refractivity contribution in [3.05, 3.63) is 33.6 Å². The van der Waals surface area contributed by atoms with Gasteiger partial charge in [-0.3, -0.25) is 10.1 Å². The molecule has 1 aliphatic rings. The van der Waals surface area contributed by atoms with Gasteiger partial charge >= 0.3 is 0 Å². The van der Waals surface area contributed by atoms with Gasteiger partial charge in [0.15, 0.2) is 0 Å². The molecule has 1 fully saturated rings. The maximum atomic E-state index is 13.3. The minimum absolute atomic E-state index is 0.190. The van der Waals surface area contributed by atoms with E-state index in [-0.39, 0.29) is 11.7 Å². The van der Waals surface area contributed by atoms with E-state index in [2.05, 4.69) is 5.32 Å². The maximum absolute atomic E-state index is 13.3. The second-order valence-corrected chi connectivity index (χ2v) is 5.23. The number of nitrogens with zero attached hydrogens (tertiary/aromatic N) is 1. The van der Waals surface area contributed by atoms with Crippen LogP contribution in [-0.2, 0) is 0 Å². The highest BCUT2D eigenvalue weighted by Crippen LogP contribution is 2.30. The molecule has 1 heterocycles. The Kier molecular flexibility index (Phi) is 3.51. The van der Waals surface area contributed by atoms with Crippen molar-refractivity contribution in [2.24, 2.45) is 0 Å². The molecule has 0 amide bonds. The first-order chi connectivity index (χ1) is 8.08. The first-order valence-corrected chi connectivity index (χ1v) is 6.52. The van der Waals surface area contributed by atoms with Crippen LogP contribution in [0.15, 0.2) is 12.1 Å². The van der Waals surface area contributed by atoms with Crippen LogP contribution in [0.25, 0.3) is 0 Å². The molecule has 0 bridgehead atoms. The smallest absolute Gasteiger partial charge is 0.295 e. The van der Waals surface area contributed by atoms with Crippen molar-refractivity contribution in [1.29, 1.82) is 0 Å². The zero-order valence-corrected chi connectivity index (χ0v) is 10.2. The monoisotopic (exact) mass is 256 g/mol. The lowest BCUT2D eigenvalue weighted by molar-refractivity contribution is -0.384. The van der Waals surface area contributed by atoms with Gasteiger partial charge in [-0.2, -0.15) is 11.8 Å². The zero-order chi connectivity index (χ0) is 12.4. The maximum Gasteiger partial charge on any atom is 0.295 e. The van der Waals surface area contributed by atoms with Crippen molar-refractivity contribution in [2.45, 2.75) is 19.4 Å². The van der Waals surface area contributed by atoms with Crippen LogP contribution in [0.5, 0.6) is 0 Å². The van der Waals surface area contributed by atoms with Crippen LogP contribution in [0.1, 0.15) is 12.0 Å². The molecule has 92 valence electrons. The summed E-state index contributed by atoms with van der Waals surface area (Å²) in [6.07, 6.45) is 0.984. The second kappa shape index (κ2) is 4.91. The number of halogens is 1. The number of hydrogen-bond donors (Lipinski definition) is 1. The predicted octanol–water partition coefficient (Wildman–Crippen LogP) is 2.96. The number of rotatable bonds is 3. The third-order valence-corrected chi connectivity index (χ3v) is 3.93. The lowest BCUT2D eigenvalue weighted by Crippen LogP contribution is -2.19. The number of nitro groups is 1. The van der Waals surface area contributed by atoms with E-state index in [1.54, 1.807) is 6.92 Å². The van der Waals surface area contributed by atoms with Gasteiger partial charge in [-0.05, 0) is 30.7 Å². The highest BCUT2D eigenvalue weighted by Gasteiger charge is 2.21. The lowest BCUT2D eigenvalue weighted by atomic mass is 10.1. The van der Waals surface area contributed by atoms with Crippen molar-refractivity contribution in [2.75, 3.05) is 16.8 Å². The number of nitrogens with one attached hydrogen (secondary N) is 1. The number of nitro benzene ring substituents is 1. The lowest BCUT2D eigenvalue weighted by Gasteiger charge is -2.13. The van der Waals surface area contributed by atoms with Gasteiger partial charge in [0.05, 0.1) is 11.0 Å². The summed E-state index contributed by atoms with van der Waals surface area (Å²) in [6, 6.07) is 2.74. The molecular formula is C11H13FN2O2S. The van der Waals surface area contributed by atoms with Gasteiger partial charge in [0, 0.05) is 11.8 Å². The second-order valence-electron chi connectivity index (χ2n) is 4.08. The summed E-state index contributed by atoms with van der Waals surface area (Å²) in [5.74, 6) is 1.46. The third kappa shape index (κ3) is 2.69. The van der Waals surface area contributed by atoms with Gasteiger partial charge in [-0.15, -0.1) is 0 Å². The largest absolute Gasteiger partial charge is 0.376 e. The Morgan fingerprint density at radius 1 is 1.59 bits per heavy atom. The summed E-state index contributed by atoms with van der Waals surface area (Å²) in [5, 5.41) is 14.0. The third-order valence-electron chi connectivity index (χ3n) is 2.76.